The number of rotatable bonds is 9. The van der Waals surface area contributed by atoms with Crippen molar-refractivity contribution in [1.82, 2.24) is 9.80 Å². The van der Waals surface area contributed by atoms with Gasteiger partial charge in [0.1, 0.15) is 11.6 Å². The Balaban J connectivity index is 1.11. The van der Waals surface area contributed by atoms with E-state index in [2.05, 4.69) is 4.90 Å². The van der Waals surface area contributed by atoms with E-state index in [4.69, 9.17) is 14.2 Å². The minimum absolute atomic E-state index is 0.0328. The van der Waals surface area contributed by atoms with Gasteiger partial charge in [-0.25, -0.2) is 0 Å². The second-order valence-electron chi connectivity index (χ2n) is 14.6. The molecule has 0 saturated carbocycles. The van der Waals surface area contributed by atoms with Gasteiger partial charge in [0.2, 0.25) is 0 Å². The summed E-state index contributed by atoms with van der Waals surface area (Å²) in [7, 11) is 0. The third-order valence-electron chi connectivity index (χ3n) is 9.81. The van der Waals surface area contributed by atoms with Crippen molar-refractivity contribution in [3.63, 3.8) is 0 Å². The van der Waals surface area contributed by atoms with Crippen LogP contribution in [0.25, 0.3) is 11.1 Å². The van der Waals surface area contributed by atoms with Crippen molar-refractivity contribution in [2.45, 2.75) is 83.3 Å². The number of aliphatic hydroxyl groups excluding tert-OH is 1. The average molecular weight is 689 g/mol. The van der Waals surface area contributed by atoms with Crippen molar-refractivity contribution < 1.29 is 33.7 Å². The van der Waals surface area contributed by atoms with Gasteiger partial charge in [-0.3, -0.25) is 24.2 Å². The molecular weight excluding hydrogens is 644 g/mol. The summed E-state index contributed by atoms with van der Waals surface area (Å²) in [4.78, 5) is 42.8. The molecule has 7 rings (SSSR count). The van der Waals surface area contributed by atoms with Crippen molar-refractivity contribution in [3.8, 4) is 11.1 Å². The maximum Gasteiger partial charge on any atom is 0.323 e. The third-order valence-corrected chi connectivity index (χ3v) is 9.81. The zero-order valence-electron chi connectivity index (χ0n) is 29.3. The molecule has 0 spiro atoms. The summed E-state index contributed by atoms with van der Waals surface area (Å²) in [6.45, 7) is 7.16. The van der Waals surface area contributed by atoms with Crippen LogP contribution in [0.2, 0.25) is 0 Å². The molecule has 3 aliphatic heterocycles. The van der Waals surface area contributed by atoms with Gasteiger partial charge in [-0.2, -0.15) is 0 Å². The molecule has 4 aromatic carbocycles. The van der Waals surface area contributed by atoms with E-state index in [0.717, 1.165) is 52.8 Å². The van der Waals surface area contributed by atoms with Gasteiger partial charge < -0.3 is 19.3 Å². The first-order valence-electron chi connectivity index (χ1n) is 17.7. The maximum atomic E-state index is 13.1. The number of carbonyl (C=O) groups excluding carboxylic acids is 3. The van der Waals surface area contributed by atoms with E-state index in [1.165, 1.54) is 4.90 Å². The summed E-state index contributed by atoms with van der Waals surface area (Å²) in [5.41, 5.74) is 5.71. The number of fused-ring (bicyclic) bond motifs is 1. The quantitative estimate of drug-likeness (QED) is 0.148. The summed E-state index contributed by atoms with van der Waals surface area (Å²) < 4.78 is 19.0. The lowest BCUT2D eigenvalue weighted by atomic mass is 9.97. The molecule has 4 atom stereocenters. The average Bonchev–Trinajstić information content (AvgIpc) is 3.69. The monoisotopic (exact) mass is 688 g/mol. The zero-order chi connectivity index (χ0) is 35.7. The number of carbonyl (C=O) groups is 3. The van der Waals surface area contributed by atoms with E-state index < -0.39 is 11.9 Å². The lowest BCUT2D eigenvalue weighted by Gasteiger charge is -2.38. The van der Waals surface area contributed by atoms with Crippen LogP contribution >= 0.6 is 0 Å². The SMILES string of the molecule is CC(C)(C)OC(=O)C1CCCN1CC1CC(c2ccc(CO)cc2)OC(c2ccc(-c3ccccc3CN3C(=O)c4ccccc4C3=O)cc2)O1. The van der Waals surface area contributed by atoms with Gasteiger partial charge in [0.15, 0.2) is 6.29 Å². The van der Waals surface area contributed by atoms with Crippen LogP contribution in [-0.4, -0.2) is 63.5 Å². The van der Waals surface area contributed by atoms with E-state index in [1.54, 1.807) is 24.3 Å². The Morgan fingerprint density at radius 3 is 2.10 bits per heavy atom. The van der Waals surface area contributed by atoms with Crippen LogP contribution in [-0.2, 0) is 32.2 Å². The highest BCUT2D eigenvalue weighted by molar-refractivity contribution is 6.21. The van der Waals surface area contributed by atoms with Crippen LogP contribution in [0.3, 0.4) is 0 Å². The molecule has 4 unspecified atom stereocenters. The zero-order valence-corrected chi connectivity index (χ0v) is 29.3. The molecule has 2 fully saturated rings. The molecule has 0 aliphatic carbocycles. The Bertz CT molecular complexity index is 1860. The van der Waals surface area contributed by atoms with Crippen LogP contribution in [0.4, 0.5) is 0 Å². The summed E-state index contributed by atoms with van der Waals surface area (Å²) in [5, 5.41) is 9.60. The molecule has 3 aliphatic rings. The second kappa shape index (κ2) is 14.5. The molecule has 0 aromatic heterocycles. The predicted molar refractivity (Wildman–Crippen MR) is 191 cm³/mol. The molecule has 51 heavy (non-hydrogen) atoms. The number of hydrogen-bond acceptors (Lipinski definition) is 8. The third kappa shape index (κ3) is 7.53. The Labute approximate surface area is 298 Å². The molecule has 9 heteroatoms. The van der Waals surface area contributed by atoms with Crippen molar-refractivity contribution in [2.24, 2.45) is 0 Å². The first-order chi connectivity index (χ1) is 24.6. The predicted octanol–water partition coefficient (Wildman–Crippen LogP) is 6.99. The molecule has 9 nitrogen and oxygen atoms in total. The van der Waals surface area contributed by atoms with Gasteiger partial charge in [0, 0.05) is 18.5 Å². The minimum Gasteiger partial charge on any atom is -0.459 e. The van der Waals surface area contributed by atoms with Crippen LogP contribution in [0.1, 0.15) is 95.4 Å². The largest absolute Gasteiger partial charge is 0.459 e. The van der Waals surface area contributed by atoms with Crippen molar-refractivity contribution in [2.75, 3.05) is 13.1 Å². The van der Waals surface area contributed by atoms with Gasteiger partial charge in [-0.1, -0.05) is 84.9 Å². The molecule has 4 aromatic rings. The number of imide groups is 1. The first kappa shape index (κ1) is 34.8. The number of hydrogen-bond donors (Lipinski definition) is 1. The molecule has 2 saturated heterocycles. The molecular formula is C42H44N2O7. The molecule has 1 N–H and O–H groups in total. The summed E-state index contributed by atoms with van der Waals surface area (Å²) in [6, 6.07) is 30.2. The summed E-state index contributed by atoms with van der Waals surface area (Å²) >= 11 is 0. The maximum absolute atomic E-state index is 13.1. The highest BCUT2D eigenvalue weighted by Crippen LogP contribution is 2.40. The Kier molecular flexibility index (Phi) is 9.90. The van der Waals surface area contributed by atoms with Gasteiger partial charge >= 0.3 is 5.97 Å². The minimum atomic E-state index is -0.656. The number of esters is 1. The Hall–Kier alpha value is -4.67. The Morgan fingerprint density at radius 2 is 1.45 bits per heavy atom. The van der Waals surface area contributed by atoms with E-state index in [0.29, 0.717) is 24.1 Å². The number of nitrogens with zero attached hydrogens (tertiary/aromatic N) is 2. The second-order valence-corrected chi connectivity index (χ2v) is 14.6. The molecule has 3 heterocycles. The topological polar surface area (TPSA) is 106 Å². The summed E-state index contributed by atoms with van der Waals surface area (Å²) in [5.74, 6) is -0.763. The van der Waals surface area contributed by atoms with E-state index >= 15 is 0 Å². The van der Waals surface area contributed by atoms with Crippen molar-refractivity contribution >= 4 is 17.8 Å². The molecule has 0 bridgehead atoms. The van der Waals surface area contributed by atoms with E-state index in [9.17, 15) is 19.5 Å². The van der Waals surface area contributed by atoms with Gasteiger partial charge in [0.05, 0.1) is 36.5 Å². The number of ether oxygens (including phenoxy) is 3. The van der Waals surface area contributed by atoms with E-state index in [-0.39, 0.29) is 49.2 Å². The Morgan fingerprint density at radius 1 is 0.824 bits per heavy atom. The van der Waals surface area contributed by atoms with Crippen LogP contribution in [0.5, 0.6) is 0 Å². The lowest BCUT2D eigenvalue weighted by Crippen LogP contribution is -2.45. The standard InChI is InChI=1S/C42H44N2O7/c1-42(2,3)51-40(48)36-13-8-22-43(36)25-32-23-37(29-16-14-27(26-45)15-17-29)50-41(49-32)30-20-18-28(19-21-30)33-10-5-4-9-31(33)24-44-38(46)34-11-6-7-12-35(34)39(44)47/h4-7,9-12,14-21,32,36-37,41,45H,8,13,22-26H2,1-3H3. The fourth-order valence-electron chi connectivity index (χ4n) is 7.29. The smallest absolute Gasteiger partial charge is 0.323 e. The van der Waals surface area contributed by atoms with Crippen molar-refractivity contribution in [3.05, 3.63) is 130 Å². The number of benzene rings is 4. The van der Waals surface area contributed by atoms with Crippen LogP contribution in [0.15, 0.2) is 97.1 Å². The van der Waals surface area contributed by atoms with Gasteiger partial charge in [-0.15, -0.1) is 0 Å². The van der Waals surface area contributed by atoms with Crippen LogP contribution < -0.4 is 0 Å². The fourth-order valence-corrected chi connectivity index (χ4v) is 7.29. The van der Waals surface area contributed by atoms with Gasteiger partial charge in [0.25, 0.3) is 11.8 Å². The van der Waals surface area contributed by atoms with Crippen molar-refractivity contribution in [1.29, 1.82) is 0 Å². The first-order valence-corrected chi connectivity index (χ1v) is 17.7. The molecule has 2 amide bonds. The van der Waals surface area contributed by atoms with E-state index in [1.807, 2.05) is 93.6 Å². The highest BCUT2D eigenvalue weighted by Gasteiger charge is 2.39. The van der Waals surface area contributed by atoms with Crippen LogP contribution in [0, 0.1) is 0 Å². The lowest BCUT2D eigenvalue weighted by molar-refractivity contribution is -0.253. The number of aliphatic hydroxyl groups is 1. The highest BCUT2D eigenvalue weighted by atomic mass is 16.7. The normalized spacial score (nSPS) is 22.3. The molecule has 0 radical (unpaired) electrons. The fraction of sp³-hybridized carbons (Fsp3) is 0.357. The number of likely N-dealkylation sites (tertiary alicyclic amines) is 1. The van der Waals surface area contributed by atoms with Gasteiger partial charge in [-0.05, 0) is 80.1 Å². The number of amides is 2. The molecule has 264 valence electrons. The summed E-state index contributed by atoms with van der Waals surface area (Å²) in [6.07, 6.45) is 1.15.